The van der Waals surface area contributed by atoms with Crippen LogP contribution in [-0.2, 0) is 4.74 Å². The van der Waals surface area contributed by atoms with E-state index in [4.69, 9.17) is 13.9 Å². The van der Waals surface area contributed by atoms with Gasteiger partial charge in [-0.25, -0.2) is 24.5 Å². The average Bonchev–Trinajstić information content (AvgIpc) is 3.55. The number of hydrogen-bond acceptors (Lipinski definition) is 12. The number of aliphatic hydroxyl groups excluding tert-OH is 2. The number of amides is 2. The van der Waals surface area contributed by atoms with Gasteiger partial charge in [-0.05, 0) is 12.1 Å². The van der Waals surface area contributed by atoms with Gasteiger partial charge in [0.1, 0.15) is 36.0 Å². The maximum atomic E-state index is 12.8. The van der Waals surface area contributed by atoms with Crippen LogP contribution in [0.1, 0.15) is 65.8 Å². The highest BCUT2D eigenvalue weighted by Crippen LogP contribution is 2.18. The monoisotopic (exact) mass is 567 g/mol. The minimum absolute atomic E-state index is 0.167. The molecule has 5 N–H and O–H groups in total. The number of esters is 1. The van der Waals surface area contributed by atoms with E-state index in [2.05, 4.69) is 46.3 Å². The van der Waals surface area contributed by atoms with Gasteiger partial charge in [0.05, 0.1) is 20.3 Å². The van der Waals surface area contributed by atoms with E-state index in [-0.39, 0.29) is 28.9 Å². The Balaban J connectivity index is 1.76. The molecule has 2 atom stereocenters. The van der Waals surface area contributed by atoms with Gasteiger partial charge in [-0.3, -0.25) is 9.59 Å². The third kappa shape index (κ3) is 6.09. The van der Waals surface area contributed by atoms with Crippen LogP contribution in [0.5, 0.6) is 0 Å². The number of nitrogens with one attached hydrogen (secondary N) is 2. The first-order valence-corrected chi connectivity index (χ1v) is 10.7. The first-order chi connectivity index (χ1) is 17.2. The molecular formula is C20H18BrN5O10. The van der Waals surface area contributed by atoms with Crippen LogP contribution in [0.4, 0.5) is 0 Å². The number of halogens is 1. The number of ether oxygens (including phenoxy) is 1. The number of rotatable bonds is 10. The number of aromatic carboxylic acids is 1. The SMILES string of the molecule is COC(=O)c1coc(C(CO)NC(=O)c2cc(Br)cc(C(=O)NC(CO)c3nc(C(=O)O)co3)n2)n1. The molecule has 3 aromatic heterocycles. The second kappa shape index (κ2) is 11.5. The lowest BCUT2D eigenvalue weighted by atomic mass is 10.2. The average molecular weight is 568 g/mol. The summed E-state index contributed by atoms with van der Waals surface area (Å²) in [5.41, 5.74) is -1.07. The predicted octanol–water partition coefficient (Wildman–Crippen LogP) is 0.232. The van der Waals surface area contributed by atoms with Gasteiger partial charge in [-0.2, -0.15) is 0 Å². The lowest BCUT2D eigenvalue weighted by molar-refractivity contribution is 0.0592. The Kier molecular flexibility index (Phi) is 8.46. The summed E-state index contributed by atoms with van der Waals surface area (Å²) in [4.78, 5) is 59.5. The molecule has 0 saturated carbocycles. The summed E-state index contributed by atoms with van der Waals surface area (Å²) in [5.74, 6) is -4.21. The summed E-state index contributed by atoms with van der Waals surface area (Å²) in [5, 5.41) is 33.0. The van der Waals surface area contributed by atoms with Crippen LogP contribution in [0.25, 0.3) is 0 Å². The van der Waals surface area contributed by atoms with E-state index in [1.54, 1.807) is 0 Å². The smallest absolute Gasteiger partial charge is 0.360 e. The number of hydrogen-bond donors (Lipinski definition) is 5. The van der Waals surface area contributed by atoms with Gasteiger partial charge in [0, 0.05) is 4.47 Å². The normalized spacial score (nSPS) is 12.4. The topological polar surface area (TPSA) is 227 Å². The van der Waals surface area contributed by atoms with E-state index >= 15 is 0 Å². The zero-order chi connectivity index (χ0) is 26.4. The number of carboxylic acid groups (broad SMARTS) is 1. The number of oxazole rings is 2. The molecule has 3 aromatic rings. The standard InChI is InChI=1S/C20H18BrN5O10/c1-34-20(33)14-7-36-18(26-14)12(5-28)24-16(30)10-3-8(21)2-9(22-10)15(29)23-11(4-27)17-25-13(6-35-17)19(31)32/h2-3,6-7,11-12,27-28H,4-5H2,1H3,(H,23,29)(H,24,30)(H,31,32). The van der Waals surface area contributed by atoms with Crippen LogP contribution >= 0.6 is 15.9 Å². The third-order valence-corrected chi connectivity index (χ3v) is 4.94. The molecule has 36 heavy (non-hydrogen) atoms. The highest BCUT2D eigenvalue weighted by atomic mass is 79.9. The second-order valence-electron chi connectivity index (χ2n) is 6.91. The molecule has 0 spiro atoms. The van der Waals surface area contributed by atoms with Gasteiger partial charge in [-0.15, -0.1) is 0 Å². The molecule has 0 saturated heterocycles. The van der Waals surface area contributed by atoms with Crippen molar-refractivity contribution in [3.63, 3.8) is 0 Å². The fourth-order valence-corrected chi connectivity index (χ4v) is 3.19. The van der Waals surface area contributed by atoms with Crippen molar-refractivity contribution in [3.05, 3.63) is 63.7 Å². The molecule has 2 amide bonds. The van der Waals surface area contributed by atoms with Crippen molar-refractivity contribution < 1.29 is 48.1 Å². The third-order valence-electron chi connectivity index (χ3n) is 4.48. The quantitative estimate of drug-likeness (QED) is 0.207. The molecule has 0 aliphatic carbocycles. The van der Waals surface area contributed by atoms with Crippen LogP contribution in [0.2, 0.25) is 0 Å². The van der Waals surface area contributed by atoms with Crippen molar-refractivity contribution in [2.45, 2.75) is 12.1 Å². The van der Waals surface area contributed by atoms with Gasteiger partial charge in [0.2, 0.25) is 11.8 Å². The Bertz CT molecular complexity index is 1290. The van der Waals surface area contributed by atoms with E-state index < -0.39 is 54.7 Å². The molecule has 0 aromatic carbocycles. The molecule has 3 rings (SSSR count). The molecule has 2 unspecified atom stereocenters. The molecule has 15 nitrogen and oxygen atoms in total. The van der Waals surface area contributed by atoms with Crippen molar-refractivity contribution in [1.82, 2.24) is 25.6 Å². The maximum absolute atomic E-state index is 12.8. The van der Waals surface area contributed by atoms with Gasteiger partial charge in [0.25, 0.3) is 11.8 Å². The zero-order valence-electron chi connectivity index (χ0n) is 18.3. The summed E-state index contributed by atoms with van der Waals surface area (Å²) < 4.78 is 14.9. The van der Waals surface area contributed by atoms with Crippen molar-refractivity contribution in [2.75, 3.05) is 20.3 Å². The number of carboxylic acids is 1. The number of methoxy groups -OCH3 is 1. The fourth-order valence-electron chi connectivity index (χ4n) is 2.76. The molecule has 16 heteroatoms. The van der Waals surface area contributed by atoms with Gasteiger partial charge < -0.3 is 39.5 Å². The first-order valence-electron chi connectivity index (χ1n) is 9.90. The van der Waals surface area contributed by atoms with Crippen LogP contribution < -0.4 is 10.6 Å². The van der Waals surface area contributed by atoms with Crippen LogP contribution in [0.15, 0.2) is 38.0 Å². The summed E-state index contributed by atoms with van der Waals surface area (Å²) in [6, 6.07) is 0.240. The number of aromatic nitrogens is 3. The van der Waals surface area contributed by atoms with Crippen molar-refractivity contribution in [1.29, 1.82) is 0 Å². The van der Waals surface area contributed by atoms with E-state index in [0.717, 1.165) is 19.6 Å². The van der Waals surface area contributed by atoms with Gasteiger partial charge >= 0.3 is 11.9 Å². The maximum Gasteiger partial charge on any atom is 0.360 e. The summed E-state index contributed by atoms with van der Waals surface area (Å²) in [6.45, 7) is -1.31. The van der Waals surface area contributed by atoms with E-state index in [1.807, 2.05) is 0 Å². The highest BCUT2D eigenvalue weighted by Gasteiger charge is 2.25. The molecule has 190 valence electrons. The lowest BCUT2D eigenvalue weighted by Crippen LogP contribution is -2.34. The Labute approximate surface area is 209 Å². The number of nitrogens with zero attached hydrogens (tertiary/aromatic N) is 3. The summed E-state index contributed by atoms with van der Waals surface area (Å²) in [6.07, 6.45) is 1.85. The van der Waals surface area contributed by atoms with E-state index in [9.17, 15) is 29.4 Å². The summed E-state index contributed by atoms with van der Waals surface area (Å²) >= 11 is 3.18. The molecule has 0 fully saturated rings. The van der Waals surface area contributed by atoms with Gasteiger partial charge in [0.15, 0.2) is 11.4 Å². The molecule has 3 heterocycles. The number of carbonyl (C=O) groups is 4. The Morgan fingerprint density at radius 3 is 1.78 bits per heavy atom. The first kappa shape index (κ1) is 26.5. The van der Waals surface area contributed by atoms with Crippen LogP contribution in [0.3, 0.4) is 0 Å². The van der Waals surface area contributed by atoms with Crippen molar-refractivity contribution in [2.24, 2.45) is 0 Å². The van der Waals surface area contributed by atoms with Crippen molar-refractivity contribution in [3.8, 4) is 0 Å². The molecular weight excluding hydrogens is 550 g/mol. The minimum atomic E-state index is -1.36. The second-order valence-corrected chi connectivity index (χ2v) is 7.83. The van der Waals surface area contributed by atoms with Gasteiger partial charge in [-0.1, -0.05) is 15.9 Å². The largest absolute Gasteiger partial charge is 0.476 e. The number of pyridine rings is 1. The summed E-state index contributed by atoms with van der Waals surface area (Å²) in [7, 11) is 1.15. The Morgan fingerprint density at radius 2 is 1.36 bits per heavy atom. The predicted molar refractivity (Wildman–Crippen MR) is 118 cm³/mol. The van der Waals surface area contributed by atoms with E-state index in [0.29, 0.717) is 4.47 Å². The minimum Gasteiger partial charge on any atom is -0.476 e. The van der Waals surface area contributed by atoms with E-state index in [1.165, 1.54) is 12.1 Å². The molecule has 0 aliphatic heterocycles. The Morgan fingerprint density at radius 1 is 0.889 bits per heavy atom. The van der Waals surface area contributed by atoms with Crippen molar-refractivity contribution >= 4 is 39.7 Å². The molecule has 0 radical (unpaired) electrons. The lowest BCUT2D eigenvalue weighted by Gasteiger charge is -2.14. The highest BCUT2D eigenvalue weighted by molar-refractivity contribution is 9.10. The molecule has 0 bridgehead atoms. The fraction of sp³-hybridized carbons (Fsp3) is 0.250. The number of carbonyl (C=O) groups excluding carboxylic acids is 3. The molecule has 0 aliphatic rings. The van der Waals surface area contributed by atoms with Crippen LogP contribution in [0, 0.1) is 0 Å². The Hall–Kier alpha value is -4.15. The van der Waals surface area contributed by atoms with Crippen LogP contribution in [-0.4, -0.2) is 74.3 Å². The number of aliphatic hydroxyl groups is 2. The zero-order valence-corrected chi connectivity index (χ0v) is 19.9.